The number of carbonyl (C=O) groups excluding carboxylic acids is 2. The minimum Gasteiger partial charge on any atom is -0.507 e. The molecule has 0 bridgehead atoms. The van der Waals surface area contributed by atoms with E-state index in [1.165, 1.54) is 5.56 Å². The molecule has 2 saturated heterocycles. The molecule has 0 unspecified atom stereocenters. The number of morpholine rings is 1. The Morgan fingerprint density at radius 1 is 1.05 bits per heavy atom. The maximum absolute atomic E-state index is 13.4. The highest BCUT2D eigenvalue weighted by atomic mass is 16.5. The van der Waals surface area contributed by atoms with Crippen LogP contribution in [0.3, 0.4) is 0 Å². The van der Waals surface area contributed by atoms with Crippen molar-refractivity contribution >= 4 is 17.4 Å². The van der Waals surface area contributed by atoms with Crippen LogP contribution in [0.2, 0.25) is 0 Å². The van der Waals surface area contributed by atoms with E-state index in [9.17, 15) is 14.7 Å². The van der Waals surface area contributed by atoms with Gasteiger partial charge in [-0.2, -0.15) is 0 Å². The Balaban J connectivity index is 1.49. The molecular weight excluding hydrogens is 468 g/mol. The number of Topliss-reactive ketones (excluding diaryl/α,β-unsaturated/α-hetero) is 1. The first-order chi connectivity index (χ1) is 17.8. The van der Waals surface area contributed by atoms with Crippen LogP contribution >= 0.6 is 0 Å². The summed E-state index contributed by atoms with van der Waals surface area (Å²) in [5, 5.41) is 11.4. The summed E-state index contributed by atoms with van der Waals surface area (Å²) in [6.45, 7) is 10.7. The molecule has 3 aliphatic rings. The molecular formula is C30H36N2O5. The monoisotopic (exact) mass is 504 g/mol. The van der Waals surface area contributed by atoms with E-state index in [-0.39, 0.29) is 17.4 Å². The third-order valence-corrected chi connectivity index (χ3v) is 7.61. The Hall–Kier alpha value is -3.16. The molecule has 196 valence electrons. The number of hydrogen-bond donors (Lipinski definition) is 1. The van der Waals surface area contributed by atoms with Crippen LogP contribution in [-0.4, -0.2) is 72.1 Å². The van der Waals surface area contributed by atoms with Crippen LogP contribution < -0.4 is 4.74 Å². The molecule has 3 aliphatic heterocycles. The standard InChI is InChI=1S/C30H36N2O5/c1-19(2)21-5-7-22(8-6-21)27-26(28(33)23-9-10-25-24(18-23)17-20(3)37-25)29(34)30(35)32(27)12-4-11-31-13-15-36-16-14-31/h5-10,18-20,27,33H,4,11-17H2,1-3H3/b28-26+/t20-,27+/m0/s1. The minimum atomic E-state index is -0.632. The van der Waals surface area contributed by atoms with Crippen molar-refractivity contribution < 1.29 is 24.2 Å². The average molecular weight is 505 g/mol. The second-order valence-corrected chi connectivity index (χ2v) is 10.6. The quantitative estimate of drug-likeness (QED) is 0.345. The molecule has 5 rings (SSSR count). The number of benzene rings is 2. The van der Waals surface area contributed by atoms with E-state index in [2.05, 4.69) is 18.7 Å². The lowest BCUT2D eigenvalue weighted by atomic mass is 9.92. The highest BCUT2D eigenvalue weighted by Gasteiger charge is 2.46. The van der Waals surface area contributed by atoms with E-state index >= 15 is 0 Å². The van der Waals surface area contributed by atoms with Gasteiger partial charge >= 0.3 is 0 Å². The number of nitrogens with zero attached hydrogens (tertiary/aromatic N) is 2. The van der Waals surface area contributed by atoms with Gasteiger partial charge in [0.15, 0.2) is 0 Å². The molecule has 7 heteroatoms. The number of fused-ring (bicyclic) bond motifs is 1. The lowest BCUT2D eigenvalue weighted by Crippen LogP contribution is -2.38. The van der Waals surface area contributed by atoms with Gasteiger partial charge < -0.3 is 19.5 Å². The molecule has 0 aliphatic carbocycles. The smallest absolute Gasteiger partial charge is 0.295 e. The number of hydrogen-bond acceptors (Lipinski definition) is 6. The molecule has 1 N–H and O–H groups in total. The Bertz CT molecular complexity index is 1200. The van der Waals surface area contributed by atoms with Gasteiger partial charge in [-0.05, 0) is 54.2 Å². The first kappa shape index (κ1) is 25.5. The fourth-order valence-corrected chi connectivity index (χ4v) is 5.53. The Morgan fingerprint density at radius 3 is 2.49 bits per heavy atom. The number of carbonyl (C=O) groups is 2. The molecule has 7 nitrogen and oxygen atoms in total. The number of aliphatic hydroxyl groups excluding tert-OH is 1. The zero-order valence-electron chi connectivity index (χ0n) is 21.9. The number of likely N-dealkylation sites (tertiary alicyclic amines) is 1. The maximum Gasteiger partial charge on any atom is 0.295 e. The van der Waals surface area contributed by atoms with E-state index in [1.54, 1.807) is 11.0 Å². The Kier molecular flexibility index (Phi) is 7.36. The van der Waals surface area contributed by atoms with Crippen LogP contribution in [-0.2, 0) is 20.7 Å². The molecule has 2 fully saturated rings. The zero-order chi connectivity index (χ0) is 26.1. The molecule has 0 aromatic heterocycles. The van der Waals surface area contributed by atoms with Gasteiger partial charge in [0.05, 0.1) is 24.8 Å². The van der Waals surface area contributed by atoms with Gasteiger partial charge in [-0.1, -0.05) is 38.1 Å². The Labute approximate surface area is 218 Å². The molecule has 3 heterocycles. The van der Waals surface area contributed by atoms with Crippen molar-refractivity contribution in [3.63, 3.8) is 0 Å². The summed E-state index contributed by atoms with van der Waals surface area (Å²) >= 11 is 0. The van der Waals surface area contributed by atoms with Gasteiger partial charge in [0.2, 0.25) is 0 Å². The lowest BCUT2D eigenvalue weighted by Gasteiger charge is -2.29. The van der Waals surface area contributed by atoms with Crippen LogP contribution in [0.25, 0.3) is 5.76 Å². The molecule has 2 aromatic carbocycles. The van der Waals surface area contributed by atoms with Gasteiger partial charge in [-0.25, -0.2) is 0 Å². The second kappa shape index (κ2) is 10.7. The van der Waals surface area contributed by atoms with Gasteiger partial charge in [-0.3, -0.25) is 14.5 Å². The van der Waals surface area contributed by atoms with Crippen molar-refractivity contribution in [3.05, 3.63) is 70.3 Å². The van der Waals surface area contributed by atoms with E-state index < -0.39 is 17.7 Å². The predicted octanol–water partition coefficient (Wildman–Crippen LogP) is 4.28. The Morgan fingerprint density at radius 2 is 1.78 bits per heavy atom. The highest BCUT2D eigenvalue weighted by Crippen LogP contribution is 2.41. The molecule has 0 radical (unpaired) electrons. The largest absolute Gasteiger partial charge is 0.507 e. The van der Waals surface area contributed by atoms with Crippen LogP contribution in [0.4, 0.5) is 0 Å². The van der Waals surface area contributed by atoms with E-state index in [0.717, 1.165) is 62.6 Å². The number of ether oxygens (including phenoxy) is 2. The van der Waals surface area contributed by atoms with Gasteiger partial charge in [0.1, 0.15) is 17.6 Å². The summed E-state index contributed by atoms with van der Waals surface area (Å²) in [7, 11) is 0. The third-order valence-electron chi connectivity index (χ3n) is 7.61. The van der Waals surface area contributed by atoms with E-state index in [0.29, 0.717) is 18.0 Å². The third kappa shape index (κ3) is 5.15. The van der Waals surface area contributed by atoms with Crippen LogP contribution in [0, 0.1) is 0 Å². The summed E-state index contributed by atoms with van der Waals surface area (Å²) in [4.78, 5) is 30.6. The van der Waals surface area contributed by atoms with Crippen molar-refractivity contribution in [3.8, 4) is 5.75 Å². The van der Waals surface area contributed by atoms with Gasteiger partial charge in [0.25, 0.3) is 11.7 Å². The molecule has 37 heavy (non-hydrogen) atoms. The van der Waals surface area contributed by atoms with E-state index in [1.807, 2.05) is 43.3 Å². The highest BCUT2D eigenvalue weighted by molar-refractivity contribution is 6.46. The fraction of sp³-hybridized carbons (Fsp3) is 0.467. The van der Waals surface area contributed by atoms with Crippen molar-refractivity contribution in [2.75, 3.05) is 39.4 Å². The zero-order valence-corrected chi connectivity index (χ0v) is 21.9. The first-order valence-electron chi connectivity index (χ1n) is 13.3. The van der Waals surface area contributed by atoms with E-state index in [4.69, 9.17) is 9.47 Å². The van der Waals surface area contributed by atoms with Crippen LogP contribution in [0.1, 0.15) is 61.4 Å². The minimum absolute atomic E-state index is 0.0731. The normalized spacial score (nSPS) is 23.5. The number of amides is 1. The number of ketones is 1. The topological polar surface area (TPSA) is 79.3 Å². The molecule has 0 saturated carbocycles. The fourth-order valence-electron chi connectivity index (χ4n) is 5.53. The predicted molar refractivity (Wildman–Crippen MR) is 142 cm³/mol. The van der Waals surface area contributed by atoms with Crippen molar-refractivity contribution in [1.29, 1.82) is 0 Å². The summed E-state index contributed by atoms with van der Waals surface area (Å²) in [5.74, 6) is -0.154. The first-order valence-corrected chi connectivity index (χ1v) is 13.3. The summed E-state index contributed by atoms with van der Waals surface area (Å²) < 4.78 is 11.2. The van der Waals surface area contributed by atoms with Crippen molar-refractivity contribution in [2.45, 2.75) is 51.7 Å². The van der Waals surface area contributed by atoms with Crippen LogP contribution in [0.15, 0.2) is 48.0 Å². The lowest BCUT2D eigenvalue weighted by molar-refractivity contribution is -0.140. The van der Waals surface area contributed by atoms with Crippen molar-refractivity contribution in [2.24, 2.45) is 0 Å². The second-order valence-electron chi connectivity index (χ2n) is 10.6. The average Bonchev–Trinajstić information content (AvgIpc) is 3.40. The summed E-state index contributed by atoms with van der Waals surface area (Å²) in [5.41, 5.74) is 3.69. The molecule has 2 atom stereocenters. The SMILES string of the molecule is CC(C)c1ccc([C@@H]2/C(=C(\O)c3ccc4c(c3)C[C@H](C)O4)C(=O)C(=O)N2CCCN2CCOCC2)cc1. The van der Waals surface area contributed by atoms with Crippen molar-refractivity contribution in [1.82, 2.24) is 9.80 Å². The van der Waals surface area contributed by atoms with Gasteiger partial charge in [0, 0.05) is 38.2 Å². The molecule has 2 aromatic rings. The number of rotatable bonds is 7. The number of aliphatic hydroxyl groups is 1. The summed E-state index contributed by atoms with van der Waals surface area (Å²) in [6.07, 6.45) is 1.55. The van der Waals surface area contributed by atoms with Gasteiger partial charge in [-0.15, -0.1) is 0 Å². The van der Waals surface area contributed by atoms with Crippen LogP contribution in [0.5, 0.6) is 5.75 Å². The maximum atomic E-state index is 13.4. The summed E-state index contributed by atoms with van der Waals surface area (Å²) in [6, 6.07) is 12.9. The molecule has 0 spiro atoms. The molecule has 1 amide bonds.